The third-order valence-electron chi connectivity index (χ3n) is 6.14. The number of anilines is 1. The Hall–Kier alpha value is -2.75. The molecule has 1 spiro atoms. The van der Waals surface area contributed by atoms with Crippen LogP contribution in [0, 0.1) is 0 Å². The molecule has 2 aromatic rings. The highest BCUT2D eigenvalue weighted by atomic mass is 35.5. The van der Waals surface area contributed by atoms with Gasteiger partial charge >= 0.3 is 12.3 Å². The summed E-state index contributed by atoms with van der Waals surface area (Å²) in [5.74, 6) is 0. The molecule has 0 atom stereocenters. The van der Waals surface area contributed by atoms with Gasteiger partial charge in [-0.1, -0.05) is 56.6 Å². The molecule has 0 aliphatic carbocycles. The zero-order valence-corrected chi connectivity index (χ0v) is 20.4. The van der Waals surface area contributed by atoms with Gasteiger partial charge in [0.2, 0.25) is 0 Å². The third kappa shape index (κ3) is 5.91. The van der Waals surface area contributed by atoms with E-state index in [1.54, 1.807) is 0 Å². The van der Waals surface area contributed by atoms with E-state index in [0.29, 0.717) is 25.9 Å². The van der Waals surface area contributed by atoms with Crippen molar-refractivity contribution >= 4 is 29.1 Å². The van der Waals surface area contributed by atoms with Gasteiger partial charge in [0.1, 0.15) is 5.60 Å². The number of hydrogen-bond donors (Lipinski definition) is 2. The van der Waals surface area contributed by atoms with Crippen molar-refractivity contribution in [3.05, 3.63) is 70.3 Å². The normalized spacial score (nSPS) is 18.2. The predicted molar refractivity (Wildman–Crippen MR) is 127 cm³/mol. The predicted octanol–water partition coefficient (Wildman–Crippen LogP) is 6.53. The van der Waals surface area contributed by atoms with Gasteiger partial charge in [-0.15, -0.1) is 5.06 Å². The highest BCUT2D eigenvalue weighted by molar-refractivity contribution is 6.33. The molecule has 35 heavy (non-hydrogen) atoms. The number of piperidine rings is 1. The number of benzene rings is 2. The van der Waals surface area contributed by atoms with Gasteiger partial charge in [0.05, 0.1) is 22.0 Å². The van der Waals surface area contributed by atoms with Crippen LogP contribution >= 0.6 is 11.6 Å². The van der Waals surface area contributed by atoms with Crippen LogP contribution in [0.25, 0.3) is 5.70 Å². The minimum absolute atomic E-state index is 0.0221. The number of hydroxylamine groups is 3. The minimum atomic E-state index is -4.55. The van der Waals surface area contributed by atoms with E-state index in [9.17, 15) is 18.0 Å². The van der Waals surface area contributed by atoms with E-state index in [4.69, 9.17) is 21.3 Å². The van der Waals surface area contributed by atoms with Crippen LogP contribution in [0.3, 0.4) is 0 Å². The van der Waals surface area contributed by atoms with Crippen LogP contribution in [0.1, 0.15) is 50.3 Å². The number of halogens is 4. The van der Waals surface area contributed by atoms with Crippen molar-refractivity contribution in [2.75, 3.05) is 18.4 Å². The van der Waals surface area contributed by atoms with Crippen LogP contribution in [-0.2, 0) is 21.3 Å². The lowest BCUT2D eigenvalue weighted by molar-refractivity contribution is -0.153. The number of carbonyl (C=O) groups is 1. The van der Waals surface area contributed by atoms with Crippen LogP contribution in [-0.4, -0.2) is 29.8 Å². The monoisotopic (exact) mass is 509 g/mol. The van der Waals surface area contributed by atoms with Crippen molar-refractivity contribution in [3.63, 3.8) is 0 Å². The van der Waals surface area contributed by atoms with E-state index < -0.39 is 23.4 Å². The molecule has 2 aliphatic heterocycles. The SMILES string of the molecule is CC(C)(C)c1ccc(C2=CC3(CCN(OC(=O)Nc4cc(C(F)(F)F)ccc4Cl)CC3)ON2)cc1. The summed E-state index contributed by atoms with van der Waals surface area (Å²) in [7, 11) is 0. The van der Waals surface area contributed by atoms with Crippen LogP contribution < -0.4 is 10.8 Å². The van der Waals surface area contributed by atoms with Crippen molar-refractivity contribution in [2.24, 2.45) is 0 Å². The van der Waals surface area contributed by atoms with Gasteiger partial charge < -0.3 is 4.84 Å². The first kappa shape index (κ1) is 25.3. The average molecular weight is 510 g/mol. The number of hydrogen-bond acceptors (Lipinski definition) is 5. The van der Waals surface area contributed by atoms with Gasteiger partial charge in [-0.05, 0) is 53.7 Å². The van der Waals surface area contributed by atoms with Crippen molar-refractivity contribution in [2.45, 2.75) is 50.8 Å². The molecule has 1 fully saturated rings. The van der Waals surface area contributed by atoms with Gasteiger partial charge in [-0.3, -0.25) is 15.6 Å². The second-order valence-corrected chi connectivity index (χ2v) is 10.2. The molecule has 6 nitrogen and oxygen atoms in total. The summed E-state index contributed by atoms with van der Waals surface area (Å²) in [5.41, 5.74) is 4.62. The lowest BCUT2D eigenvalue weighted by Gasteiger charge is -2.35. The summed E-state index contributed by atoms with van der Waals surface area (Å²) in [4.78, 5) is 23.5. The lowest BCUT2D eigenvalue weighted by atomic mass is 9.86. The smallest absolute Gasteiger partial charge is 0.351 e. The average Bonchev–Trinajstić information content (AvgIpc) is 3.19. The van der Waals surface area contributed by atoms with Crippen molar-refractivity contribution in [1.29, 1.82) is 0 Å². The first-order valence-electron chi connectivity index (χ1n) is 11.2. The zero-order valence-electron chi connectivity index (χ0n) is 19.6. The number of carbonyl (C=O) groups excluding carboxylic acids is 1. The van der Waals surface area contributed by atoms with Crippen LogP contribution in [0.5, 0.6) is 0 Å². The Labute approximate surface area is 206 Å². The Morgan fingerprint density at radius 2 is 1.71 bits per heavy atom. The van der Waals surface area contributed by atoms with Crippen molar-refractivity contribution in [1.82, 2.24) is 10.5 Å². The molecule has 0 aromatic heterocycles. The molecule has 1 amide bonds. The first-order chi connectivity index (χ1) is 16.3. The topological polar surface area (TPSA) is 62.8 Å². The van der Waals surface area contributed by atoms with E-state index in [1.807, 2.05) is 0 Å². The van der Waals surface area contributed by atoms with Gasteiger partial charge in [0, 0.05) is 13.1 Å². The second-order valence-electron chi connectivity index (χ2n) is 9.78. The van der Waals surface area contributed by atoms with E-state index in [1.165, 1.54) is 10.6 Å². The number of rotatable bonds is 3. The largest absolute Gasteiger partial charge is 0.430 e. The third-order valence-corrected chi connectivity index (χ3v) is 6.47. The summed E-state index contributed by atoms with van der Waals surface area (Å²) in [6.45, 7) is 7.27. The molecule has 2 N–H and O–H groups in total. The summed E-state index contributed by atoms with van der Waals surface area (Å²) in [6.07, 6.45) is -2.30. The highest BCUT2D eigenvalue weighted by Gasteiger charge is 2.40. The maximum Gasteiger partial charge on any atom is 0.430 e. The summed E-state index contributed by atoms with van der Waals surface area (Å²) >= 11 is 5.93. The fraction of sp³-hybridized carbons (Fsp3) is 0.400. The Balaban J connectivity index is 1.34. The quantitative estimate of drug-likeness (QED) is 0.492. The lowest BCUT2D eigenvalue weighted by Crippen LogP contribution is -2.45. The fourth-order valence-corrected chi connectivity index (χ4v) is 4.19. The number of alkyl halides is 3. The maximum atomic E-state index is 12.9. The molecule has 2 heterocycles. The Morgan fingerprint density at radius 3 is 2.31 bits per heavy atom. The van der Waals surface area contributed by atoms with E-state index in [2.05, 4.69) is 61.9 Å². The molecule has 10 heteroatoms. The second kappa shape index (κ2) is 9.37. The molecule has 0 bridgehead atoms. The summed E-state index contributed by atoms with van der Waals surface area (Å²) in [6, 6.07) is 11.0. The summed E-state index contributed by atoms with van der Waals surface area (Å²) in [5, 5.41) is 3.72. The van der Waals surface area contributed by atoms with Crippen LogP contribution in [0.2, 0.25) is 5.02 Å². The molecule has 4 rings (SSSR count). The molecule has 2 aromatic carbocycles. The Morgan fingerprint density at radius 1 is 1.09 bits per heavy atom. The summed E-state index contributed by atoms with van der Waals surface area (Å²) < 4.78 is 38.8. The maximum absolute atomic E-state index is 12.9. The van der Waals surface area contributed by atoms with Gasteiger partial charge in [-0.25, -0.2) is 4.79 Å². The minimum Gasteiger partial charge on any atom is -0.351 e. The first-order valence-corrected chi connectivity index (χ1v) is 11.6. The molecule has 0 radical (unpaired) electrons. The van der Waals surface area contributed by atoms with Crippen molar-refractivity contribution < 1.29 is 27.6 Å². The number of nitrogens with zero attached hydrogens (tertiary/aromatic N) is 1. The van der Waals surface area contributed by atoms with Gasteiger partial charge in [-0.2, -0.15) is 13.2 Å². The van der Waals surface area contributed by atoms with E-state index >= 15 is 0 Å². The Kier molecular flexibility index (Phi) is 6.78. The van der Waals surface area contributed by atoms with Crippen molar-refractivity contribution in [3.8, 4) is 0 Å². The van der Waals surface area contributed by atoms with Gasteiger partial charge in [0.15, 0.2) is 0 Å². The standard InChI is InChI=1S/C25H27ClF3N3O3/c1-23(2,3)17-6-4-16(5-7-17)21-15-24(35-31-21)10-12-32(13-11-24)34-22(33)30-20-14-18(25(27,28)29)8-9-19(20)26/h4-9,14-15,31H,10-13H2,1-3H3,(H,30,33). The zero-order chi connectivity index (χ0) is 25.4. The molecule has 2 aliphatic rings. The molecule has 0 saturated carbocycles. The molecular weight excluding hydrogens is 483 g/mol. The van der Waals surface area contributed by atoms with Crippen LogP contribution in [0.15, 0.2) is 48.5 Å². The molecule has 0 unspecified atom stereocenters. The number of nitrogens with one attached hydrogen (secondary N) is 2. The fourth-order valence-electron chi connectivity index (χ4n) is 4.02. The molecule has 1 saturated heterocycles. The van der Waals surface area contributed by atoms with E-state index in [-0.39, 0.29) is 16.1 Å². The van der Waals surface area contributed by atoms with Gasteiger partial charge in [0.25, 0.3) is 0 Å². The Bertz CT molecular complexity index is 1120. The highest BCUT2D eigenvalue weighted by Crippen LogP contribution is 2.36. The molecular formula is C25H27ClF3N3O3. The van der Waals surface area contributed by atoms with E-state index in [0.717, 1.165) is 29.5 Å². The molecule has 188 valence electrons. The van der Waals surface area contributed by atoms with Crippen LogP contribution in [0.4, 0.5) is 23.7 Å². The number of amides is 1.